The van der Waals surface area contributed by atoms with E-state index in [9.17, 15) is 4.79 Å². The molecule has 0 aromatic carbocycles. The van der Waals surface area contributed by atoms with E-state index >= 15 is 0 Å². The third-order valence-corrected chi connectivity index (χ3v) is 2.31. The average Bonchev–Trinajstić information content (AvgIpc) is 2.28. The van der Waals surface area contributed by atoms with Gasteiger partial charge in [0.2, 0.25) is 0 Å². The van der Waals surface area contributed by atoms with Gasteiger partial charge in [-0.15, -0.1) is 0 Å². The molecule has 82 valence electrons. The molecule has 0 N–H and O–H groups in total. The van der Waals surface area contributed by atoms with Crippen LogP contribution >= 0.6 is 0 Å². The van der Waals surface area contributed by atoms with Crippen LogP contribution in [0.4, 0.5) is 0 Å². The van der Waals surface area contributed by atoms with E-state index in [0.717, 1.165) is 0 Å². The summed E-state index contributed by atoms with van der Waals surface area (Å²) in [5, 5.41) is 0. The fourth-order valence-corrected chi connectivity index (χ4v) is 1.11. The summed E-state index contributed by atoms with van der Waals surface area (Å²) in [6.07, 6.45) is 1.57. The largest absolute Gasteiger partial charge is 0.465 e. The summed E-state index contributed by atoms with van der Waals surface area (Å²) in [4.78, 5) is 15.5. The van der Waals surface area contributed by atoms with E-state index in [1.807, 2.05) is 13.8 Å². The van der Waals surface area contributed by atoms with Crippen LogP contribution < -0.4 is 0 Å². The first-order valence-corrected chi connectivity index (χ1v) is 4.61. The van der Waals surface area contributed by atoms with Gasteiger partial charge in [0.25, 0.3) is 0 Å². The molecule has 0 aliphatic carbocycles. The fraction of sp³-hybridized carbons (Fsp3) is 0.455. The zero-order chi connectivity index (χ0) is 11.5. The second kappa shape index (κ2) is 4.40. The molecule has 0 saturated carbocycles. The Bertz CT molecular complexity index is 361. The first-order valence-electron chi connectivity index (χ1n) is 4.61. The van der Waals surface area contributed by atoms with Crippen LogP contribution in [0, 0.1) is 0 Å². The van der Waals surface area contributed by atoms with Crippen molar-refractivity contribution >= 4 is 5.97 Å². The minimum absolute atomic E-state index is 0.370. The van der Waals surface area contributed by atoms with Crippen molar-refractivity contribution in [2.45, 2.75) is 19.4 Å². The molecule has 0 saturated heterocycles. The van der Waals surface area contributed by atoms with Crippen LogP contribution in [0.15, 0.2) is 18.3 Å². The number of hydrogen-bond acceptors (Lipinski definition) is 4. The van der Waals surface area contributed by atoms with Crippen LogP contribution in [0.2, 0.25) is 0 Å². The van der Waals surface area contributed by atoms with Gasteiger partial charge in [0.1, 0.15) is 5.60 Å². The molecule has 1 aromatic heterocycles. The maximum atomic E-state index is 11.3. The zero-order valence-electron chi connectivity index (χ0n) is 9.40. The van der Waals surface area contributed by atoms with Crippen LogP contribution in [0.25, 0.3) is 0 Å². The van der Waals surface area contributed by atoms with Gasteiger partial charge in [0, 0.05) is 13.3 Å². The lowest BCUT2D eigenvalue weighted by molar-refractivity contribution is 0.0154. The molecule has 15 heavy (non-hydrogen) atoms. The molecule has 1 rings (SSSR count). The Kier molecular flexibility index (Phi) is 3.42. The number of ether oxygens (including phenoxy) is 2. The highest BCUT2D eigenvalue weighted by atomic mass is 16.5. The second-order valence-electron chi connectivity index (χ2n) is 3.64. The Hall–Kier alpha value is -1.42. The molecular weight excluding hydrogens is 194 g/mol. The van der Waals surface area contributed by atoms with Crippen molar-refractivity contribution in [1.29, 1.82) is 0 Å². The topological polar surface area (TPSA) is 48.4 Å². The highest BCUT2D eigenvalue weighted by Gasteiger charge is 2.22. The molecule has 0 bridgehead atoms. The van der Waals surface area contributed by atoms with E-state index in [1.165, 1.54) is 7.11 Å². The first-order chi connectivity index (χ1) is 7.01. The van der Waals surface area contributed by atoms with Crippen molar-refractivity contribution in [3.05, 3.63) is 29.6 Å². The quantitative estimate of drug-likeness (QED) is 0.711. The molecular formula is C11H15NO3. The van der Waals surface area contributed by atoms with Crippen molar-refractivity contribution in [3.63, 3.8) is 0 Å². The van der Waals surface area contributed by atoms with Gasteiger partial charge in [0.15, 0.2) is 0 Å². The van der Waals surface area contributed by atoms with Crippen LogP contribution in [-0.4, -0.2) is 25.2 Å². The highest BCUT2D eigenvalue weighted by molar-refractivity contribution is 5.89. The van der Waals surface area contributed by atoms with Crippen molar-refractivity contribution in [3.8, 4) is 0 Å². The second-order valence-corrected chi connectivity index (χ2v) is 3.64. The van der Waals surface area contributed by atoms with Crippen LogP contribution in [0.5, 0.6) is 0 Å². The lowest BCUT2D eigenvalue weighted by atomic mass is 10.0. The molecule has 0 aliphatic heterocycles. The Morgan fingerprint density at radius 2 is 2.07 bits per heavy atom. The van der Waals surface area contributed by atoms with Crippen LogP contribution in [0.1, 0.15) is 29.9 Å². The molecule has 0 radical (unpaired) electrons. The number of methoxy groups -OCH3 is 2. The number of nitrogens with zero attached hydrogens (tertiary/aromatic N) is 1. The lowest BCUT2D eigenvalue weighted by Gasteiger charge is -2.22. The van der Waals surface area contributed by atoms with Gasteiger partial charge in [-0.05, 0) is 26.0 Å². The standard InChI is InChI=1S/C11H15NO3/c1-11(2,15-4)9-7-8(5-6-12-9)10(13)14-3/h5-7H,1-4H3. The van der Waals surface area contributed by atoms with Crippen LogP contribution in [0.3, 0.4) is 0 Å². The first kappa shape index (κ1) is 11.7. The minimum atomic E-state index is -0.510. The highest BCUT2D eigenvalue weighted by Crippen LogP contribution is 2.22. The molecule has 1 aromatic rings. The summed E-state index contributed by atoms with van der Waals surface area (Å²) in [5.41, 5.74) is 0.671. The van der Waals surface area contributed by atoms with E-state index < -0.39 is 5.60 Å². The minimum Gasteiger partial charge on any atom is -0.465 e. The van der Waals surface area contributed by atoms with E-state index in [1.54, 1.807) is 25.4 Å². The summed E-state index contributed by atoms with van der Waals surface area (Å²) in [6.45, 7) is 3.77. The molecule has 1 heterocycles. The monoisotopic (exact) mass is 209 g/mol. The average molecular weight is 209 g/mol. The number of rotatable bonds is 3. The summed E-state index contributed by atoms with van der Waals surface area (Å²) < 4.78 is 9.91. The van der Waals surface area contributed by atoms with E-state index in [2.05, 4.69) is 9.72 Å². The van der Waals surface area contributed by atoms with Gasteiger partial charge in [-0.3, -0.25) is 4.98 Å². The van der Waals surface area contributed by atoms with Gasteiger partial charge in [-0.1, -0.05) is 0 Å². The van der Waals surface area contributed by atoms with Gasteiger partial charge in [0.05, 0.1) is 18.4 Å². The van der Waals surface area contributed by atoms with Crippen molar-refractivity contribution in [2.75, 3.05) is 14.2 Å². The van der Waals surface area contributed by atoms with Gasteiger partial charge >= 0.3 is 5.97 Å². The molecule has 4 nitrogen and oxygen atoms in total. The normalized spacial score (nSPS) is 11.2. The predicted octanol–water partition coefficient (Wildman–Crippen LogP) is 1.75. The van der Waals surface area contributed by atoms with Crippen molar-refractivity contribution in [1.82, 2.24) is 4.98 Å². The summed E-state index contributed by atoms with van der Waals surface area (Å²) >= 11 is 0. The molecule has 0 aliphatic rings. The molecule has 0 fully saturated rings. The smallest absolute Gasteiger partial charge is 0.337 e. The van der Waals surface area contributed by atoms with Crippen LogP contribution in [-0.2, 0) is 15.1 Å². The third-order valence-electron chi connectivity index (χ3n) is 2.31. The Morgan fingerprint density at radius 3 is 2.60 bits per heavy atom. The fourth-order valence-electron chi connectivity index (χ4n) is 1.11. The van der Waals surface area contributed by atoms with Crippen molar-refractivity contribution in [2.24, 2.45) is 0 Å². The number of carbonyl (C=O) groups is 1. The number of esters is 1. The van der Waals surface area contributed by atoms with E-state index in [4.69, 9.17) is 4.74 Å². The molecule has 4 heteroatoms. The Balaban J connectivity index is 3.08. The lowest BCUT2D eigenvalue weighted by Crippen LogP contribution is -2.21. The maximum Gasteiger partial charge on any atom is 0.337 e. The number of hydrogen-bond donors (Lipinski definition) is 0. The van der Waals surface area contributed by atoms with E-state index in [-0.39, 0.29) is 5.97 Å². The number of carbonyl (C=O) groups excluding carboxylic acids is 1. The SMILES string of the molecule is COC(=O)c1ccnc(C(C)(C)OC)c1. The number of pyridine rings is 1. The van der Waals surface area contributed by atoms with Gasteiger partial charge in [-0.25, -0.2) is 4.79 Å². The Labute approximate surface area is 89.2 Å². The third kappa shape index (κ3) is 2.53. The van der Waals surface area contributed by atoms with Crippen molar-refractivity contribution < 1.29 is 14.3 Å². The maximum absolute atomic E-state index is 11.3. The predicted molar refractivity (Wildman–Crippen MR) is 55.6 cm³/mol. The Morgan fingerprint density at radius 1 is 1.40 bits per heavy atom. The molecule has 0 atom stereocenters. The molecule has 0 unspecified atom stereocenters. The molecule has 0 amide bonds. The molecule has 0 spiro atoms. The number of aromatic nitrogens is 1. The van der Waals surface area contributed by atoms with Gasteiger partial charge < -0.3 is 9.47 Å². The zero-order valence-corrected chi connectivity index (χ0v) is 9.40. The van der Waals surface area contributed by atoms with Gasteiger partial charge in [-0.2, -0.15) is 0 Å². The summed E-state index contributed by atoms with van der Waals surface area (Å²) in [6, 6.07) is 3.29. The summed E-state index contributed by atoms with van der Waals surface area (Å²) in [5.74, 6) is -0.370. The summed E-state index contributed by atoms with van der Waals surface area (Å²) in [7, 11) is 2.95. The van der Waals surface area contributed by atoms with E-state index in [0.29, 0.717) is 11.3 Å².